The SMILES string of the molecule is COCOc1c(-c2ncc(C(=O)O)c(C)n2)cc2cn(C)nc2c1C. The van der Waals surface area contributed by atoms with Gasteiger partial charge in [-0.25, -0.2) is 14.8 Å². The normalized spacial score (nSPS) is 11.0. The number of aryl methyl sites for hydroxylation is 3. The lowest BCUT2D eigenvalue weighted by molar-refractivity contribution is 0.0511. The van der Waals surface area contributed by atoms with Crippen LogP contribution in [-0.4, -0.2) is 44.7 Å². The first-order valence-electron chi connectivity index (χ1n) is 7.58. The molecule has 0 aliphatic carbocycles. The molecule has 0 aliphatic heterocycles. The van der Waals surface area contributed by atoms with Crippen molar-refractivity contribution >= 4 is 16.9 Å². The molecule has 1 aromatic carbocycles. The smallest absolute Gasteiger partial charge is 0.339 e. The average Bonchev–Trinajstić information content (AvgIpc) is 2.94. The molecule has 2 aromatic heterocycles. The summed E-state index contributed by atoms with van der Waals surface area (Å²) in [4.78, 5) is 19.7. The molecule has 0 aliphatic rings. The van der Waals surface area contributed by atoms with E-state index in [-0.39, 0.29) is 12.4 Å². The highest BCUT2D eigenvalue weighted by atomic mass is 16.7. The van der Waals surface area contributed by atoms with Crippen molar-refractivity contribution in [1.82, 2.24) is 19.7 Å². The summed E-state index contributed by atoms with van der Waals surface area (Å²) in [6.07, 6.45) is 3.20. The highest BCUT2D eigenvalue weighted by molar-refractivity contribution is 5.91. The molecule has 2 heterocycles. The van der Waals surface area contributed by atoms with Crippen LogP contribution in [0.1, 0.15) is 21.6 Å². The van der Waals surface area contributed by atoms with Gasteiger partial charge < -0.3 is 14.6 Å². The summed E-state index contributed by atoms with van der Waals surface area (Å²) >= 11 is 0. The van der Waals surface area contributed by atoms with Crippen LogP contribution >= 0.6 is 0 Å². The number of rotatable bonds is 5. The molecule has 0 saturated heterocycles. The molecule has 25 heavy (non-hydrogen) atoms. The average molecular weight is 342 g/mol. The van der Waals surface area contributed by atoms with Gasteiger partial charge in [0.25, 0.3) is 0 Å². The molecule has 0 unspecified atom stereocenters. The number of hydrogen-bond acceptors (Lipinski definition) is 6. The predicted octanol–water partition coefficient (Wildman–Crippen LogP) is 2.33. The summed E-state index contributed by atoms with van der Waals surface area (Å²) in [6, 6.07) is 1.88. The number of aromatic carboxylic acids is 1. The van der Waals surface area contributed by atoms with E-state index in [1.165, 1.54) is 13.3 Å². The van der Waals surface area contributed by atoms with Crippen molar-refractivity contribution in [2.24, 2.45) is 7.05 Å². The van der Waals surface area contributed by atoms with Gasteiger partial charge in [0.2, 0.25) is 0 Å². The van der Waals surface area contributed by atoms with Gasteiger partial charge in [0.1, 0.15) is 5.75 Å². The lowest BCUT2D eigenvalue weighted by atomic mass is 10.0. The molecular weight excluding hydrogens is 324 g/mol. The van der Waals surface area contributed by atoms with Crippen LogP contribution in [0.4, 0.5) is 0 Å². The minimum Gasteiger partial charge on any atom is -0.478 e. The van der Waals surface area contributed by atoms with Crippen molar-refractivity contribution in [3.05, 3.63) is 35.3 Å². The van der Waals surface area contributed by atoms with Gasteiger partial charge in [-0.2, -0.15) is 5.10 Å². The third kappa shape index (κ3) is 3.03. The Hall–Kier alpha value is -3.00. The van der Waals surface area contributed by atoms with Gasteiger partial charge in [0.05, 0.1) is 22.3 Å². The third-order valence-electron chi connectivity index (χ3n) is 3.87. The zero-order valence-corrected chi connectivity index (χ0v) is 14.4. The van der Waals surface area contributed by atoms with Gasteiger partial charge >= 0.3 is 5.97 Å². The topological polar surface area (TPSA) is 99.4 Å². The van der Waals surface area contributed by atoms with E-state index in [1.54, 1.807) is 11.6 Å². The largest absolute Gasteiger partial charge is 0.478 e. The zero-order valence-electron chi connectivity index (χ0n) is 14.4. The molecule has 8 nitrogen and oxygen atoms in total. The maximum absolute atomic E-state index is 11.2. The fourth-order valence-electron chi connectivity index (χ4n) is 2.71. The minimum absolute atomic E-state index is 0.0678. The van der Waals surface area contributed by atoms with Crippen molar-refractivity contribution in [2.45, 2.75) is 13.8 Å². The Morgan fingerprint density at radius 2 is 2.12 bits per heavy atom. The van der Waals surface area contributed by atoms with E-state index in [9.17, 15) is 4.79 Å². The van der Waals surface area contributed by atoms with E-state index in [0.717, 1.165) is 16.5 Å². The van der Waals surface area contributed by atoms with E-state index in [2.05, 4.69) is 15.1 Å². The van der Waals surface area contributed by atoms with Crippen LogP contribution in [0.2, 0.25) is 0 Å². The molecule has 0 saturated carbocycles. The second kappa shape index (κ2) is 6.48. The summed E-state index contributed by atoms with van der Waals surface area (Å²) in [5, 5.41) is 14.5. The summed E-state index contributed by atoms with van der Waals surface area (Å²) in [5.74, 6) is -0.100. The first kappa shape index (κ1) is 16.8. The molecule has 0 amide bonds. The van der Waals surface area contributed by atoms with Crippen LogP contribution in [-0.2, 0) is 11.8 Å². The molecule has 8 heteroatoms. The number of benzene rings is 1. The fraction of sp³-hybridized carbons (Fsp3) is 0.294. The van der Waals surface area contributed by atoms with Crippen molar-refractivity contribution in [2.75, 3.05) is 13.9 Å². The summed E-state index contributed by atoms with van der Waals surface area (Å²) in [6.45, 7) is 3.61. The molecule has 0 bridgehead atoms. The van der Waals surface area contributed by atoms with E-state index in [0.29, 0.717) is 22.8 Å². The second-order valence-corrected chi connectivity index (χ2v) is 5.67. The number of methoxy groups -OCH3 is 1. The van der Waals surface area contributed by atoms with Gasteiger partial charge in [-0.3, -0.25) is 4.68 Å². The number of nitrogens with zero attached hydrogens (tertiary/aromatic N) is 4. The van der Waals surface area contributed by atoms with Gasteiger partial charge in [-0.05, 0) is 19.9 Å². The monoisotopic (exact) mass is 342 g/mol. The number of aromatic nitrogens is 4. The van der Waals surface area contributed by atoms with Crippen LogP contribution in [0.15, 0.2) is 18.5 Å². The number of carbonyl (C=O) groups is 1. The Bertz CT molecular complexity index is 965. The van der Waals surface area contributed by atoms with Crippen molar-refractivity contribution in [3.63, 3.8) is 0 Å². The van der Waals surface area contributed by atoms with Crippen LogP contribution in [0.5, 0.6) is 5.75 Å². The number of ether oxygens (including phenoxy) is 2. The van der Waals surface area contributed by atoms with Crippen LogP contribution in [0.3, 0.4) is 0 Å². The van der Waals surface area contributed by atoms with Crippen LogP contribution < -0.4 is 4.74 Å². The standard InChI is InChI=1S/C17H18N4O4/c1-9-14-11(7-21(3)20-14)5-12(15(9)25-8-24-4)16-18-6-13(17(22)23)10(2)19-16/h5-7H,8H2,1-4H3,(H,22,23). The molecule has 0 fully saturated rings. The Morgan fingerprint density at radius 3 is 2.76 bits per heavy atom. The van der Waals surface area contributed by atoms with Crippen LogP contribution in [0.25, 0.3) is 22.3 Å². The molecule has 3 rings (SSSR count). The van der Waals surface area contributed by atoms with Gasteiger partial charge in [0.15, 0.2) is 12.6 Å². The van der Waals surface area contributed by atoms with Crippen molar-refractivity contribution < 1.29 is 19.4 Å². The fourth-order valence-corrected chi connectivity index (χ4v) is 2.71. The third-order valence-corrected chi connectivity index (χ3v) is 3.87. The Morgan fingerprint density at radius 1 is 1.36 bits per heavy atom. The molecule has 0 radical (unpaired) electrons. The van der Waals surface area contributed by atoms with Crippen molar-refractivity contribution in [1.29, 1.82) is 0 Å². The molecular formula is C17H18N4O4. The van der Waals surface area contributed by atoms with Gasteiger partial charge in [-0.1, -0.05) is 0 Å². The summed E-state index contributed by atoms with van der Waals surface area (Å²) < 4.78 is 12.5. The second-order valence-electron chi connectivity index (χ2n) is 5.67. The molecule has 1 N–H and O–H groups in total. The van der Waals surface area contributed by atoms with E-state index in [4.69, 9.17) is 14.6 Å². The predicted molar refractivity (Wildman–Crippen MR) is 90.7 cm³/mol. The van der Waals surface area contributed by atoms with E-state index in [1.807, 2.05) is 26.2 Å². The Kier molecular flexibility index (Phi) is 4.37. The molecule has 0 spiro atoms. The maximum atomic E-state index is 11.2. The molecule has 0 atom stereocenters. The quantitative estimate of drug-likeness (QED) is 0.710. The van der Waals surface area contributed by atoms with E-state index >= 15 is 0 Å². The van der Waals surface area contributed by atoms with Crippen LogP contribution in [0, 0.1) is 13.8 Å². The maximum Gasteiger partial charge on any atom is 0.339 e. The number of fused-ring (bicyclic) bond motifs is 1. The number of carboxylic acids is 1. The molecule has 130 valence electrons. The first-order valence-corrected chi connectivity index (χ1v) is 7.58. The Balaban J connectivity index is 2.22. The highest BCUT2D eigenvalue weighted by Gasteiger charge is 2.19. The zero-order chi connectivity index (χ0) is 18.1. The summed E-state index contributed by atoms with van der Waals surface area (Å²) in [5.41, 5.74) is 2.78. The lowest BCUT2D eigenvalue weighted by Gasteiger charge is -2.14. The summed E-state index contributed by atoms with van der Waals surface area (Å²) in [7, 11) is 3.38. The Labute approximate surface area is 144 Å². The highest BCUT2D eigenvalue weighted by Crippen LogP contribution is 2.36. The van der Waals surface area contributed by atoms with Gasteiger partial charge in [-0.15, -0.1) is 0 Å². The molecule has 3 aromatic rings. The number of carboxylic acid groups (broad SMARTS) is 1. The first-order chi connectivity index (χ1) is 11.9. The minimum atomic E-state index is -1.06. The van der Waals surface area contributed by atoms with Crippen molar-refractivity contribution in [3.8, 4) is 17.1 Å². The number of hydrogen-bond donors (Lipinski definition) is 1. The van der Waals surface area contributed by atoms with Gasteiger partial charge in [0, 0.05) is 37.5 Å². The van der Waals surface area contributed by atoms with E-state index < -0.39 is 5.97 Å². The lowest BCUT2D eigenvalue weighted by Crippen LogP contribution is -2.06.